The molecule has 4 rings (SSSR count). The van der Waals surface area contributed by atoms with Crippen LogP contribution in [0.3, 0.4) is 0 Å². The first-order valence-corrected chi connectivity index (χ1v) is 7.59. The third-order valence-electron chi connectivity index (χ3n) is 3.75. The van der Waals surface area contributed by atoms with Gasteiger partial charge in [0, 0.05) is 11.3 Å². The van der Waals surface area contributed by atoms with Crippen LogP contribution in [0.5, 0.6) is 0 Å². The number of oxazole rings is 2. The monoisotopic (exact) mass is 321 g/mol. The number of nitrogens with one attached hydrogen (secondary N) is 2. The first-order valence-electron chi connectivity index (χ1n) is 7.59. The number of fused-ring (bicyclic) bond motifs is 1. The molecule has 6 nitrogen and oxygen atoms in total. The smallest absolute Gasteiger partial charge is 0.417 e. The van der Waals surface area contributed by atoms with Gasteiger partial charge >= 0.3 is 5.76 Å². The summed E-state index contributed by atoms with van der Waals surface area (Å²) in [7, 11) is 0. The first kappa shape index (κ1) is 14.3. The number of rotatable bonds is 4. The summed E-state index contributed by atoms with van der Waals surface area (Å²) in [6.07, 6.45) is 1.72. The van der Waals surface area contributed by atoms with Crippen LogP contribution in [0, 0.1) is 0 Å². The molecule has 0 spiro atoms. The van der Waals surface area contributed by atoms with E-state index in [1.807, 2.05) is 49.4 Å². The molecule has 2 aromatic heterocycles. The Hall–Kier alpha value is -3.28. The average molecular weight is 321 g/mol. The molecular weight excluding hydrogens is 306 g/mol. The molecular formula is C18H15N3O3. The second-order valence-electron chi connectivity index (χ2n) is 5.52. The minimum atomic E-state index is -0.463. The quantitative estimate of drug-likeness (QED) is 0.594. The van der Waals surface area contributed by atoms with E-state index in [0.29, 0.717) is 17.0 Å². The molecule has 0 amide bonds. The lowest BCUT2D eigenvalue weighted by Crippen LogP contribution is -2.06. The van der Waals surface area contributed by atoms with Gasteiger partial charge in [-0.25, -0.2) is 9.78 Å². The van der Waals surface area contributed by atoms with E-state index < -0.39 is 5.76 Å². The predicted octanol–water partition coefficient (Wildman–Crippen LogP) is 3.95. The minimum Gasteiger partial charge on any atom is -0.438 e. The van der Waals surface area contributed by atoms with Gasteiger partial charge in [-0.05, 0) is 25.1 Å². The standard InChI is InChI=1S/C18H15N3O3/c1-11(17-19-10-16(23-17)12-5-3-2-4-6-12)20-13-7-8-15-14(9-13)21-18(22)24-15/h2-11,20H,1H3,(H,21,22)/t11-/m1/s1. The molecule has 6 heteroatoms. The van der Waals surface area contributed by atoms with Gasteiger partial charge in [-0.2, -0.15) is 0 Å². The van der Waals surface area contributed by atoms with E-state index in [0.717, 1.165) is 17.0 Å². The number of hydrogen-bond donors (Lipinski definition) is 2. The van der Waals surface area contributed by atoms with Gasteiger partial charge in [0.1, 0.15) is 6.04 Å². The Bertz CT molecular complexity index is 1030. The van der Waals surface area contributed by atoms with E-state index >= 15 is 0 Å². The summed E-state index contributed by atoms with van der Waals surface area (Å²) in [5.41, 5.74) is 3.00. The number of benzene rings is 2. The zero-order valence-corrected chi connectivity index (χ0v) is 12.9. The molecule has 0 aliphatic rings. The zero-order chi connectivity index (χ0) is 16.5. The van der Waals surface area contributed by atoms with Gasteiger partial charge < -0.3 is 14.2 Å². The summed E-state index contributed by atoms with van der Waals surface area (Å²) in [5.74, 6) is 0.860. The first-order chi connectivity index (χ1) is 11.7. The summed E-state index contributed by atoms with van der Waals surface area (Å²) in [5, 5.41) is 3.30. The number of H-pyrrole nitrogens is 1. The molecule has 0 aliphatic carbocycles. The Morgan fingerprint density at radius 3 is 2.79 bits per heavy atom. The maximum Gasteiger partial charge on any atom is 0.417 e. The van der Waals surface area contributed by atoms with Crippen molar-refractivity contribution < 1.29 is 8.83 Å². The summed E-state index contributed by atoms with van der Waals surface area (Å²) >= 11 is 0. The lowest BCUT2D eigenvalue weighted by atomic mass is 10.2. The minimum absolute atomic E-state index is 0.126. The Morgan fingerprint density at radius 1 is 1.12 bits per heavy atom. The van der Waals surface area contributed by atoms with Crippen molar-refractivity contribution in [3.05, 3.63) is 71.2 Å². The van der Waals surface area contributed by atoms with Crippen LogP contribution in [0.25, 0.3) is 22.4 Å². The molecule has 120 valence electrons. The van der Waals surface area contributed by atoms with E-state index in [4.69, 9.17) is 8.83 Å². The van der Waals surface area contributed by atoms with E-state index in [-0.39, 0.29) is 6.04 Å². The predicted molar refractivity (Wildman–Crippen MR) is 90.8 cm³/mol. The number of hydrogen-bond acceptors (Lipinski definition) is 5. The van der Waals surface area contributed by atoms with Crippen molar-refractivity contribution in [2.75, 3.05) is 5.32 Å². The Morgan fingerprint density at radius 2 is 1.96 bits per heavy atom. The molecule has 2 N–H and O–H groups in total. The SMILES string of the molecule is C[C@@H](Nc1ccc2oc(=O)[nH]c2c1)c1ncc(-c2ccccc2)o1. The van der Waals surface area contributed by atoms with E-state index in [9.17, 15) is 4.79 Å². The van der Waals surface area contributed by atoms with Gasteiger partial charge in [0.2, 0.25) is 5.89 Å². The lowest BCUT2D eigenvalue weighted by Gasteiger charge is -2.11. The number of nitrogens with zero attached hydrogens (tertiary/aromatic N) is 1. The van der Waals surface area contributed by atoms with Crippen LogP contribution >= 0.6 is 0 Å². The lowest BCUT2D eigenvalue weighted by molar-refractivity contribution is 0.485. The Labute approximate surface area is 137 Å². The Kier molecular flexibility index (Phi) is 3.42. The fourth-order valence-corrected chi connectivity index (χ4v) is 2.58. The molecule has 0 saturated heterocycles. The van der Waals surface area contributed by atoms with Gasteiger partial charge in [0.15, 0.2) is 11.3 Å². The van der Waals surface area contributed by atoms with Crippen molar-refractivity contribution in [3.8, 4) is 11.3 Å². The molecule has 24 heavy (non-hydrogen) atoms. The highest BCUT2D eigenvalue weighted by atomic mass is 16.4. The van der Waals surface area contributed by atoms with Crippen molar-refractivity contribution >= 4 is 16.8 Å². The normalized spacial score (nSPS) is 12.4. The fraction of sp³-hybridized carbons (Fsp3) is 0.111. The average Bonchev–Trinajstić information content (AvgIpc) is 3.21. The fourth-order valence-electron chi connectivity index (χ4n) is 2.58. The molecule has 2 heterocycles. The topological polar surface area (TPSA) is 84.1 Å². The summed E-state index contributed by atoms with van der Waals surface area (Å²) in [6, 6.07) is 15.1. The molecule has 2 aromatic carbocycles. The highest BCUT2D eigenvalue weighted by Crippen LogP contribution is 2.25. The second kappa shape index (κ2) is 5.73. The van der Waals surface area contributed by atoms with Crippen LogP contribution in [-0.4, -0.2) is 9.97 Å². The van der Waals surface area contributed by atoms with Gasteiger partial charge in [-0.1, -0.05) is 30.3 Å². The molecule has 0 fully saturated rings. The van der Waals surface area contributed by atoms with Crippen molar-refractivity contribution in [1.29, 1.82) is 0 Å². The van der Waals surface area contributed by atoms with Crippen LogP contribution in [0.1, 0.15) is 18.9 Å². The highest BCUT2D eigenvalue weighted by Gasteiger charge is 2.14. The van der Waals surface area contributed by atoms with Crippen molar-refractivity contribution in [1.82, 2.24) is 9.97 Å². The number of anilines is 1. The molecule has 0 saturated carbocycles. The van der Waals surface area contributed by atoms with Crippen molar-refractivity contribution in [2.45, 2.75) is 13.0 Å². The number of aromatic nitrogens is 2. The van der Waals surface area contributed by atoms with Crippen LogP contribution in [-0.2, 0) is 0 Å². The van der Waals surface area contributed by atoms with Crippen LogP contribution in [0.2, 0.25) is 0 Å². The molecule has 1 atom stereocenters. The van der Waals surface area contributed by atoms with Gasteiger partial charge in [-0.3, -0.25) is 4.98 Å². The molecule has 4 aromatic rings. The molecule has 0 unspecified atom stereocenters. The summed E-state index contributed by atoms with van der Waals surface area (Å²) in [6.45, 7) is 1.96. The van der Waals surface area contributed by atoms with E-state index in [1.54, 1.807) is 12.3 Å². The van der Waals surface area contributed by atoms with Crippen molar-refractivity contribution in [2.24, 2.45) is 0 Å². The Balaban J connectivity index is 1.56. The summed E-state index contributed by atoms with van der Waals surface area (Å²) < 4.78 is 10.8. The second-order valence-corrected chi connectivity index (χ2v) is 5.52. The third-order valence-corrected chi connectivity index (χ3v) is 3.75. The van der Waals surface area contributed by atoms with E-state index in [2.05, 4.69) is 15.3 Å². The highest BCUT2D eigenvalue weighted by molar-refractivity contribution is 5.76. The largest absolute Gasteiger partial charge is 0.438 e. The van der Waals surface area contributed by atoms with Gasteiger partial charge in [0.25, 0.3) is 0 Å². The molecule has 0 bridgehead atoms. The zero-order valence-electron chi connectivity index (χ0n) is 12.9. The number of aromatic amines is 1. The van der Waals surface area contributed by atoms with Crippen LogP contribution in [0.4, 0.5) is 5.69 Å². The maximum atomic E-state index is 11.2. The van der Waals surface area contributed by atoms with Crippen LogP contribution in [0.15, 0.2) is 68.4 Å². The van der Waals surface area contributed by atoms with Crippen LogP contribution < -0.4 is 11.1 Å². The molecule has 0 radical (unpaired) electrons. The molecule has 0 aliphatic heterocycles. The van der Waals surface area contributed by atoms with Gasteiger partial charge in [0.05, 0.1) is 11.7 Å². The summed E-state index contributed by atoms with van der Waals surface area (Å²) in [4.78, 5) is 18.2. The maximum absolute atomic E-state index is 11.2. The van der Waals surface area contributed by atoms with Gasteiger partial charge in [-0.15, -0.1) is 0 Å². The van der Waals surface area contributed by atoms with Crippen molar-refractivity contribution in [3.63, 3.8) is 0 Å². The van der Waals surface area contributed by atoms with E-state index in [1.165, 1.54) is 0 Å². The third kappa shape index (κ3) is 2.69.